The third-order valence-electron chi connectivity index (χ3n) is 2.15. The van der Waals surface area contributed by atoms with Crippen molar-refractivity contribution in [3.8, 4) is 0 Å². The predicted molar refractivity (Wildman–Crippen MR) is 70.8 cm³/mol. The maximum absolute atomic E-state index is 5.62. The van der Waals surface area contributed by atoms with Gasteiger partial charge in [0.2, 0.25) is 0 Å². The first kappa shape index (κ1) is 11.0. The van der Waals surface area contributed by atoms with E-state index in [1.54, 1.807) is 0 Å². The lowest BCUT2D eigenvalue weighted by molar-refractivity contribution is 1.24. The Morgan fingerprint density at radius 2 is 1.94 bits per heavy atom. The fraction of sp³-hybridized carbons (Fsp3) is 0.0833. The summed E-state index contributed by atoms with van der Waals surface area (Å²) in [4.78, 5) is 4.31. The Bertz CT molecular complexity index is 494. The maximum Gasteiger partial charge on any atom is 0.144 e. The molecule has 0 amide bonds. The number of halogens is 1. The summed E-state index contributed by atoms with van der Waals surface area (Å²) in [6, 6.07) is 9.56. The van der Waals surface area contributed by atoms with Crippen molar-refractivity contribution < 1.29 is 0 Å². The number of nitrogens with two attached hydrogens (primary N) is 1. The average molecular weight is 278 g/mol. The molecule has 3 N–H and O–H groups in total. The molecule has 0 bridgehead atoms. The molecule has 2 aromatic rings. The lowest BCUT2D eigenvalue weighted by atomic mass is 10.3. The minimum Gasteiger partial charge on any atom is -0.399 e. The van der Waals surface area contributed by atoms with Crippen molar-refractivity contribution >= 4 is 33.1 Å². The van der Waals surface area contributed by atoms with Gasteiger partial charge in [0.05, 0.1) is 4.47 Å². The zero-order chi connectivity index (χ0) is 11.5. The van der Waals surface area contributed by atoms with E-state index in [9.17, 15) is 0 Å². The van der Waals surface area contributed by atoms with E-state index in [1.807, 2.05) is 43.5 Å². The number of rotatable bonds is 2. The second-order valence-electron chi connectivity index (χ2n) is 3.59. The second kappa shape index (κ2) is 4.53. The number of hydrogen-bond acceptors (Lipinski definition) is 3. The molecule has 3 nitrogen and oxygen atoms in total. The minimum atomic E-state index is 0.751. The Labute approximate surface area is 103 Å². The van der Waals surface area contributed by atoms with Crippen LogP contribution in [0, 0.1) is 6.92 Å². The maximum atomic E-state index is 5.62. The molecule has 2 rings (SSSR count). The molecular weight excluding hydrogens is 266 g/mol. The summed E-state index contributed by atoms with van der Waals surface area (Å²) in [5.74, 6) is 0.801. The van der Waals surface area contributed by atoms with Crippen LogP contribution in [0.1, 0.15) is 5.56 Å². The zero-order valence-corrected chi connectivity index (χ0v) is 10.5. The van der Waals surface area contributed by atoms with E-state index < -0.39 is 0 Å². The third kappa shape index (κ3) is 2.52. The van der Waals surface area contributed by atoms with Crippen molar-refractivity contribution in [2.75, 3.05) is 11.1 Å². The summed E-state index contributed by atoms with van der Waals surface area (Å²) >= 11 is 3.47. The summed E-state index contributed by atoms with van der Waals surface area (Å²) in [6.07, 6.45) is 1.82. The first-order valence-electron chi connectivity index (χ1n) is 4.90. The van der Waals surface area contributed by atoms with E-state index in [2.05, 4.69) is 26.2 Å². The van der Waals surface area contributed by atoms with Crippen LogP contribution in [-0.2, 0) is 0 Å². The van der Waals surface area contributed by atoms with Crippen LogP contribution in [0.15, 0.2) is 41.0 Å². The molecular formula is C12H12BrN3. The van der Waals surface area contributed by atoms with Crippen LogP contribution in [0.3, 0.4) is 0 Å². The number of benzene rings is 1. The molecule has 4 heteroatoms. The number of hydrogen-bond donors (Lipinski definition) is 2. The van der Waals surface area contributed by atoms with Gasteiger partial charge in [-0.2, -0.15) is 0 Å². The standard InChI is InChI=1S/C12H12BrN3/c1-8-6-11(13)12(15-7-8)16-10-4-2-9(14)3-5-10/h2-7H,14H2,1H3,(H,15,16). The van der Waals surface area contributed by atoms with Crippen LogP contribution in [0.25, 0.3) is 0 Å². The number of aromatic nitrogens is 1. The molecule has 0 unspecified atom stereocenters. The van der Waals surface area contributed by atoms with Crippen LogP contribution >= 0.6 is 15.9 Å². The summed E-state index contributed by atoms with van der Waals surface area (Å²) in [7, 11) is 0. The molecule has 0 aliphatic heterocycles. The Kier molecular flexibility index (Phi) is 3.10. The van der Waals surface area contributed by atoms with E-state index in [-0.39, 0.29) is 0 Å². The summed E-state index contributed by atoms with van der Waals surface area (Å²) in [5, 5.41) is 3.21. The van der Waals surface area contributed by atoms with Crippen molar-refractivity contribution in [1.29, 1.82) is 0 Å². The average Bonchev–Trinajstić information content (AvgIpc) is 2.25. The molecule has 0 radical (unpaired) electrons. The highest BCUT2D eigenvalue weighted by Crippen LogP contribution is 2.24. The fourth-order valence-corrected chi connectivity index (χ4v) is 1.89. The van der Waals surface area contributed by atoms with E-state index in [1.165, 1.54) is 0 Å². The zero-order valence-electron chi connectivity index (χ0n) is 8.87. The van der Waals surface area contributed by atoms with Gasteiger partial charge in [0.25, 0.3) is 0 Å². The monoisotopic (exact) mass is 277 g/mol. The SMILES string of the molecule is Cc1cnc(Nc2ccc(N)cc2)c(Br)c1. The Balaban J connectivity index is 2.23. The van der Waals surface area contributed by atoms with Gasteiger partial charge in [-0.3, -0.25) is 0 Å². The third-order valence-corrected chi connectivity index (χ3v) is 2.76. The van der Waals surface area contributed by atoms with Gasteiger partial charge < -0.3 is 11.1 Å². The molecule has 0 atom stereocenters. The number of anilines is 3. The first-order valence-corrected chi connectivity index (χ1v) is 5.69. The molecule has 0 spiro atoms. The van der Waals surface area contributed by atoms with Crippen molar-refractivity contribution in [2.24, 2.45) is 0 Å². The highest BCUT2D eigenvalue weighted by atomic mass is 79.9. The van der Waals surface area contributed by atoms with E-state index in [0.717, 1.165) is 27.2 Å². The van der Waals surface area contributed by atoms with Crippen molar-refractivity contribution in [2.45, 2.75) is 6.92 Å². The van der Waals surface area contributed by atoms with Crippen molar-refractivity contribution in [1.82, 2.24) is 4.98 Å². The number of nitrogens with zero attached hydrogens (tertiary/aromatic N) is 1. The van der Waals surface area contributed by atoms with Crippen LogP contribution in [0.5, 0.6) is 0 Å². The number of aryl methyl sites for hydroxylation is 1. The van der Waals surface area contributed by atoms with Gasteiger partial charge in [0, 0.05) is 17.6 Å². The van der Waals surface area contributed by atoms with Gasteiger partial charge in [-0.15, -0.1) is 0 Å². The van der Waals surface area contributed by atoms with Gasteiger partial charge in [-0.05, 0) is 58.7 Å². The smallest absolute Gasteiger partial charge is 0.144 e. The molecule has 1 heterocycles. The van der Waals surface area contributed by atoms with Gasteiger partial charge >= 0.3 is 0 Å². The Morgan fingerprint density at radius 3 is 2.56 bits per heavy atom. The topological polar surface area (TPSA) is 50.9 Å². The molecule has 82 valence electrons. The molecule has 1 aromatic heterocycles. The van der Waals surface area contributed by atoms with Crippen LogP contribution in [-0.4, -0.2) is 4.98 Å². The molecule has 0 saturated carbocycles. The van der Waals surface area contributed by atoms with Gasteiger partial charge in [0.1, 0.15) is 5.82 Å². The second-order valence-corrected chi connectivity index (χ2v) is 4.44. The predicted octanol–water partition coefficient (Wildman–Crippen LogP) is 3.48. The molecule has 1 aromatic carbocycles. The van der Waals surface area contributed by atoms with Crippen molar-refractivity contribution in [3.05, 3.63) is 46.6 Å². The molecule has 0 fully saturated rings. The minimum absolute atomic E-state index is 0.751. The summed E-state index contributed by atoms with van der Waals surface area (Å²) in [6.45, 7) is 2.00. The van der Waals surface area contributed by atoms with E-state index in [0.29, 0.717) is 0 Å². The molecule has 16 heavy (non-hydrogen) atoms. The number of nitrogen functional groups attached to an aromatic ring is 1. The Hall–Kier alpha value is -1.55. The highest BCUT2D eigenvalue weighted by Gasteiger charge is 2.01. The quantitative estimate of drug-likeness (QED) is 0.827. The fourth-order valence-electron chi connectivity index (χ4n) is 1.33. The number of nitrogens with one attached hydrogen (secondary N) is 1. The molecule has 0 aliphatic carbocycles. The highest BCUT2D eigenvalue weighted by molar-refractivity contribution is 9.10. The largest absolute Gasteiger partial charge is 0.399 e. The first-order chi connectivity index (χ1) is 7.65. The van der Waals surface area contributed by atoms with Gasteiger partial charge in [0.15, 0.2) is 0 Å². The van der Waals surface area contributed by atoms with Crippen LogP contribution in [0.4, 0.5) is 17.2 Å². The van der Waals surface area contributed by atoms with E-state index in [4.69, 9.17) is 5.73 Å². The lowest BCUT2D eigenvalue weighted by Gasteiger charge is -2.08. The van der Waals surface area contributed by atoms with Crippen LogP contribution < -0.4 is 11.1 Å². The van der Waals surface area contributed by atoms with E-state index >= 15 is 0 Å². The van der Waals surface area contributed by atoms with Crippen molar-refractivity contribution in [3.63, 3.8) is 0 Å². The normalized spacial score (nSPS) is 10.1. The Morgan fingerprint density at radius 1 is 1.25 bits per heavy atom. The molecule has 0 aliphatic rings. The van der Waals surface area contributed by atoms with Crippen LogP contribution in [0.2, 0.25) is 0 Å². The molecule has 0 saturated heterocycles. The van der Waals surface area contributed by atoms with Gasteiger partial charge in [-0.25, -0.2) is 4.98 Å². The van der Waals surface area contributed by atoms with Gasteiger partial charge in [-0.1, -0.05) is 0 Å². The lowest BCUT2D eigenvalue weighted by Crippen LogP contribution is -1.95. The summed E-state index contributed by atoms with van der Waals surface area (Å²) < 4.78 is 0.948. The summed E-state index contributed by atoms with van der Waals surface area (Å²) in [5.41, 5.74) is 8.45. The number of pyridine rings is 1.